The molecule has 0 radical (unpaired) electrons. The number of benzene rings is 3. The van der Waals surface area contributed by atoms with Gasteiger partial charge in [0.05, 0.1) is 19.1 Å². The van der Waals surface area contributed by atoms with Gasteiger partial charge in [0.15, 0.2) is 0 Å². The van der Waals surface area contributed by atoms with Crippen molar-refractivity contribution >= 4 is 11.8 Å². The second kappa shape index (κ2) is 12.9. The molecule has 1 fully saturated rings. The number of fused-ring (bicyclic) bond motifs is 1. The zero-order chi connectivity index (χ0) is 28.9. The van der Waals surface area contributed by atoms with Crippen LogP contribution in [0.5, 0.6) is 5.75 Å². The molecule has 4 atom stereocenters. The zero-order valence-corrected chi connectivity index (χ0v) is 24.2. The first-order valence-electron chi connectivity index (χ1n) is 14.6. The van der Waals surface area contributed by atoms with E-state index in [4.69, 9.17) is 4.74 Å². The number of nitrogens with one attached hydrogen (secondary N) is 1. The summed E-state index contributed by atoms with van der Waals surface area (Å²) in [6.45, 7) is 8.60. The summed E-state index contributed by atoms with van der Waals surface area (Å²) in [6.07, 6.45) is 2.14. The average molecular weight is 558 g/mol. The normalized spacial score (nSPS) is 22.7. The van der Waals surface area contributed by atoms with E-state index >= 15 is 0 Å². The number of ether oxygens (including phenoxy) is 1. The van der Waals surface area contributed by atoms with Gasteiger partial charge in [0.25, 0.3) is 5.91 Å². The van der Waals surface area contributed by atoms with E-state index < -0.39 is 12.0 Å². The Bertz CT molecular complexity index is 1330. The number of carbonyl (C=O) groups is 2. The van der Waals surface area contributed by atoms with Gasteiger partial charge in [-0.05, 0) is 78.2 Å². The molecule has 2 heterocycles. The maximum absolute atomic E-state index is 14.0. The van der Waals surface area contributed by atoms with Crippen molar-refractivity contribution in [2.24, 2.45) is 11.8 Å². The SMILES string of the molecule is COc1ccc([C@@H]2[C@@H](C(=O)NCCCN3C[C@H](C)C[C@H](C)C3)c3ccccc3C(=O)N2Cc2ccc(F)cc2)cc1. The smallest absolute Gasteiger partial charge is 0.255 e. The summed E-state index contributed by atoms with van der Waals surface area (Å²) in [7, 11) is 1.61. The maximum atomic E-state index is 14.0. The van der Waals surface area contributed by atoms with Gasteiger partial charge in [-0.1, -0.05) is 56.3 Å². The fraction of sp³-hybridized carbons (Fsp3) is 0.412. The van der Waals surface area contributed by atoms with E-state index in [1.807, 2.05) is 42.5 Å². The summed E-state index contributed by atoms with van der Waals surface area (Å²) in [5.41, 5.74) is 2.88. The molecule has 1 N–H and O–H groups in total. The molecule has 0 bridgehead atoms. The summed E-state index contributed by atoms with van der Waals surface area (Å²) in [5.74, 6) is 0.903. The van der Waals surface area contributed by atoms with Crippen LogP contribution in [0.4, 0.5) is 4.39 Å². The lowest BCUT2D eigenvalue weighted by molar-refractivity contribution is -0.124. The van der Waals surface area contributed by atoms with Crippen molar-refractivity contribution in [2.75, 3.05) is 33.3 Å². The summed E-state index contributed by atoms with van der Waals surface area (Å²) in [4.78, 5) is 32.2. The summed E-state index contributed by atoms with van der Waals surface area (Å²) in [6, 6.07) is 20.6. The van der Waals surface area contributed by atoms with Gasteiger partial charge < -0.3 is 19.9 Å². The molecule has 0 saturated carbocycles. The predicted molar refractivity (Wildman–Crippen MR) is 158 cm³/mol. The van der Waals surface area contributed by atoms with Crippen LogP contribution in [0.1, 0.15) is 65.7 Å². The molecular formula is C34H40FN3O3. The first-order chi connectivity index (χ1) is 19.8. The third kappa shape index (κ3) is 6.62. The van der Waals surface area contributed by atoms with Gasteiger partial charge in [0.1, 0.15) is 11.6 Å². The Morgan fingerprint density at radius 2 is 1.66 bits per heavy atom. The number of amides is 2. The van der Waals surface area contributed by atoms with Gasteiger partial charge in [0.2, 0.25) is 5.91 Å². The second-order valence-corrected chi connectivity index (χ2v) is 11.7. The molecule has 2 aliphatic rings. The molecule has 7 heteroatoms. The third-order valence-electron chi connectivity index (χ3n) is 8.34. The zero-order valence-electron chi connectivity index (χ0n) is 24.2. The predicted octanol–water partition coefficient (Wildman–Crippen LogP) is 5.80. The Balaban J connectivity index is 1.42. The minimum atomic E-state index is -0.604. The van der Waals surface area contributed by atoms with Crippen LogP contribution < -0.4 is 10.1 Å². The van der Waals surface area contributed by atoms with Gasteiger partial charge in [0, 0.05) is 31.7 Å². The van der Waals surface area contributed by atoms with Crippen LogP contribution in [0.15, 0.2) is 72.8 Å². The second-order valence-electron chi connectivity index (χ2n) is 11.7. The minimum Gasteiger partial charge on any atom is -0.497 e. The first kappa shape index (κ1) is 28.8. The van der Waals surface area contributed by atoms with Crippen molar-refractivity contribution in [1.82, 2.24) is 15.1 Å². The van der Waals surface area contributed by atoms with Crippen molar-refractivity contribution in [3.63, 3.8) is 0 Å². The van der Waals surface area contributed by atoms with E-state index in [1.54, 1.807) is 30.2 Å². The Hall–Kier alpha value is -3.71. The monoisotopic (exact) mass is 557 g/mol. The average Bonchev–Trinajstić information content (AvgIpc) is 2.97. The van der Waals surface area contributed by atoms with E-state index in [0.29, 0.717) is 29.7 Å². The van der Waals surface area contributed by atoms with E-state index in [1.165, 1.54) is 18.6 Å². The highest BCUT2D eigenvalue weighted by molar-refractivity contribution is 6.01. The van der Waals surface area contributed by atoms with Crippen molar-refractivity contribution < 1.29 is 18.7 Å². The topological polar surface area (TPSA) is 61.9 Å². The van der Waals surface area contributed by atoms with Crippen LogP contribution in [0.25, 0.3) is 0 Å². The summed E-state index contributed by atoms with van der Waals surface area (Å²) in [5, 5.41) is 3.21. The molecule has 0 spiro atoms. The molecule has 0 aromatic heterocycles. The van der Waals surface area contributed by atoms with Crippen LogP contribution >= 0.6 is 0 Å². The highest BCUT2D eigenvalue weighted by Crippen LogP contribution is 2.44. The lowest BCUT2D eigenvalue weighted by Gasteiger charge is -2.42. The van der Waals surface area contributed by atoms with Crippen LogP contribution in [0.3, 0.4) is 0 Å². The van der Waals surface area contributed by atoms with Gasteiger partial charge in [-0.25, -0.2) is 4.39 Å². The van der Waals surface area contributed by atoms with Gasteiger partial charge in [-0.2, -0.15) is 0 Å². The van der Waals surface area contributed by atoms with Gasteiger partial charge in [-0.3, -0.25) is 9.59 Å². The number of hydrogen-bond acceptors (Lipinski definition) is 4. The molecule has 6 nitrogen and oxygen atoms in total. The molecule has 2 aliphatic heterocycles. The van der Waals surface area contributed by atoms with E-state index in [9.17, 15) is 14.0 Å². The summed E-state index contributed by atoms with van der Waals surface area (Å²) < 4.78 is 19.0. The molecular weight excluding hydrogens is 517 g/mol. The molecule has 0 aliphatic carbocycles. The number of likely N-dealkylation sites (tertiary alicyclic amines) is 1. The lowest BCUT2D eigenvalue weighted by atomic mass is 9.79. The minimum absolute atomic E-state index is 0.102. The molecule has 0 unspecified atom stereocenters. The molecule has 3 aromatic rings. The number of carbonyl (C=O) groups excluding carboxylic acids is 2. The Morgan fingerprint density at radius 3 is 2.34 bits per heavy atom. The Labute approximate surface area is 242 Å². The van der Waals surface area contributed by atoms with Crippen molar-refractivity contribution in [1.29, 1.82) is 0 Å². The van der Waals surface area contributed by atoms with Crippen LogP contribution in [0.2, 0.25) is 0 Å². The van der Waals surface area contributed by atoms with E-state index in [-0.39, 0.29) is 24.2 Å². The quantitative estimate of drug-likeness (QED) is 0.338. The van der Waals surface area contributed by atoms with Crippen LogP contribution in [-0.2, 0) is 11.3 Å². The Morgan fingerprint density at radius 1 is 0.976 bits per heavy atom. The fourth-order valence-electron chi connectivity index (χ4n) is 6.61. The van der Waals surface area contributed by atoms with Crippen LogP contribution in [-0.4, -0.2) is 54.9 Å². The molecule has 41 heavy (non-hydrogen) atoms. The number of methoxy groups -OCH3 is 1. The highest BCUT2D eigenvalue weighted by atomic mass is 19.1. The highest BCUT2D eigenvalue weighted by Gasteiger charge is 2.44. The number of rotatable bonds is 9. The van der Waals surface area contributed by atoms with Crippen molar-refractivity contribution in [2.45, 2.75) is 45.2 Å². The molecule has 1 saturated heterocycles. The maximum Gasteiger partial charge on any atom is 0.255 e. The van der Waals surface area contributed by atoms with E-state index in [0.717, 1.165) is 42.7 Å². The van der Waals surface area contributed by atoms with Crippen LogP contribution in [0, 0.1) is 17.7 Å². The first-order valence-corrected chi connectivity index (χ1v) is 14.6. The van der Waals surface area contributed by atoms with Gasteiger partial charge >= 0.3 is 0 Å². The molecule has 216 valence electrons. The number of nitrogens with zero attached hydrogens (tertiary/aromatic N) is 2. The summed E-state index contributed by atoms with van der Waals surface area (Å²) >= 11 is 0. The van der Waals surface area contributed by atoms with Gasteiger partial charge in [-0.15, -0.1) is 0 Å². The number of hydrogen-bond donors (Lipinski definition) is 1. The lowest BCUT2D eigenvalue weighted by Crippen LogP contribution is -2.47. The number of halogens is 1. The molecule has 3 aromatic carbocycles. The standard InChI is InChI=1S/C34H40FN3O3/c1-23-19-24(2)21-37(20-23)18-6-17-36-33(39)31-29-7-4-5-8-30(29)34(40)38(22-25-9-13-27(35)14-10-25)32(31)26-11-15-28(41-3)16-12-26/h4-5,7-16,23-24,31-32H,6,17-22H2,1-3H3,(H,36,39)/t23-,24+,31-,32+/m0/s1. The Kier molecular flexibility index (Phi) is 9.03. The third-order valence-corrected chi connectivity index (χ3v) is 8.34. The largest absolute Gasteiger partial charge is 0.497 e. The molecule has 5 rings (SSSR count). The van der Waals surface area contributed by atoms with Crippen molar-refractivity contribution in [3.8, 4) is 5.75 Å². The number of piperidine rings is 1. The fourth-order valence-corrected chi connectivity index (χ4v) is 6.61. The van der Waals surface area contributed by atoms with Crippen molar-refractivity contribution in [3.05, 3.63) is 101 Å². The van der Waals surface area contributed by atoms with E-state index in [2.05, 4.69) is 24.1 Å². The molecule has 2 amide bonds.